The van der Waals surface area contributed by atoms with Crippen molar-refractivity contribution in [3.8, 4) is 0 Å². The zero-order chi connectivity index (χ0) is 13.1. The van der Waals surface area contributed by atoms with Crippen molar-refractivity contribution in [2.45, 2.75) is 13.8 Å². The van der Waals surface area contributed by atoms with E-state index in [-0.39, 0.29) is 17.3 Å². The second-order valence-corrected chi connectivity index (χ2v) is 5.39. The molecule has 0 aromatic heterocycles. The number of halogens is 1. The Labute approximate surface area is 99.1 Å². The van der Waals surface area contributed by atoms with E-state index in [9.17, 15) is 17.6 Å². The lowest BCUT2D eigenvalue weighted by molar-refractivity contribution is -0.114. The van der Waals surface area contributed by atoms with Gasteiger partial charge >= 0.3 is 0 Å². The van der Waals surface area contributed by atoms with Gasteiger partial charge in [0, 0.05) is 12.6 Å². The van der Waals surface area contributed by atoms with Crippen LogP contribution in [0.5, 0.6) is 0 Å². The van der Waals surface area contributed by atoms with Crippen LogP contribution < -0.4 is 10.0 Å². The third-order valence-corrected chi connectivity index (χ3v) is 3.22. The van der Waals surface area contributed by atoms with E-state index < -0.39 is 15.8 Å². The molecule has 7 heteroatoms. The van der Waals surface area contributed by atoms with Crippen molar-refractivity contribution >= 4 is 27.3 Å². The number of carbonyl (C=O) groups is 1. The number of rotatable bonds is 4. The van der Waals surface area contributed by atoms with E-state index >= 15 is 0 Å². The number of benzene rings is 1. The Balaban J connectivity index is 3.03. The Bertz CT molecular complexity index is 528. The lowest BCUT2D eigenvalue weighted by Gasteiger charge is -2.09. The summed E-state index contributed by atoms with van der Waals surface area (Å²) in [5.74, 6) is -1.17. The van der Waals surface area contributed by atoms with E-state index in [4.69, 9.17) is 0 Å². The van der Waals surface area contributed by atoms with E-state index in [1.54, 1.807) is 0 Å². The highest BCUT2D eigenvalue weighted by Gasteiger charge is 2.11. The minimum Gasteiger partial charge on any atom is -0.326 e. The van der Waals surface area contributed by atoms with Crippen molar-refractivity contribution in [2.75, 3.05) is 15.8 Å². The van der Waals surface area contributed by atoms with Gasteiger partial charge in [-0.3, -0.25) is 9.52 Å². The van der Waals surface area contributed by atoms with Gasteiger partial charge in [0.2, 0.25) is 15.9 Å². The molecule has 0 radical (unpaired) electrons. The zero-order valence-corrected chi connectivity index (χ0v) is 10.3. The molecule has 0 aliphatic heterocycles. The number of sulfonamides is 1. The van der Waals surface area contributed by atoms with Gasteiger partial charge in [-0.05, 0) is 25.1 Å². The Hall–Kier alpha value is -1.63. The molecule has 5 nitrogen and oxygen atoms in total. The first-order valence-electron chi connectivity index (χ1n) is 4.91. The van der Waals surface area contributed by atoms with Crippen molar-refractivity contribution in [3.05, 3.63) is 24.0 Å². The molecule has 17 heavy (non-hydrogen) atoms. The highest BCUT2D eigenvalue weighted by molar-refractivity contribution is 7.92. The normalized spacial score (nSPS) is 11.0. The molecule has 0 heterocycles. The van der Waals surface area contributed by atoms with Gasteiger partial charge in [-0.2, -0.15) is 0 Å². The fourth-order valence-corrected chi connectivity index (χ4v) is 1.76. The summed E-state index contributed by atoms with van der Waals surface area (Å²) >= 11 is 0. The Morgan fingerprint density at radius 1 is 1.41 bits per heavy atom. The van der Waals surface area contributed by atoms with Crippen LogP contribution in [-0.2, 0) is 14.8 Å². The lowest BCUT2D eigenvalue weighted by Crippen LogP contribution is -2.16. The molecule has 94 valence electrons. The topological polar surface area (TPSA) is 75.3 Å². The molecule has 1 rings (SSSR count). The van der Waals surface area contributed by atoms with Crippen molar-refractivity contribution in [3.63, 3.8) is 0 Å². The monoisotopic (exact) mass is 260 g/mol. The van der Waals surface area contributed by atoms with Gasteiger partial charge in [-0.1, -0.05) is 0 Å². The van der Waals surface area contributed by atoms with E-state index in [2.05, 4.69) is 10.0 Å². The summed E-state index contributed by atoms with van der Waals surface area (Å²) in [5.41, 5.74) is 0.144. The number of anilines is 2. The largest absolute Gasteiger partial charge is 0.326 e. The number of hydrogen-bond acceptors (Lipinski definition) is 3. The molecule has 0 spiro atoms. The van der Waals surface area contributed by atoms with E-state index in [0.717, 1.165) is 6.07 Å². The number of amides is 1. The number of carbonyl (C=O) groups excluding carboxylic acids is 1. The predicted octanol–water partition coefficient (Wildman–Crippen LogP) is 1.55. The Morgan fingerprint density at radius 3 is 2.59 bits per heavy atom. The molecule has 0 saturated carbocycles. The summed E-state index contributed by atoms with van der Waals surface area (Å²) in [5, 5.41) is 2.44. The van der Waals surface area contributed by atoms with Crippen LogP contribution in [0.1, 0.15) is 13.8 Å². The predicted molar refractivity (Wildman–Crippen MR) is 63.8 cm³/mol. The van der Waals surface area contributed by atoms with Gasteiger partial charge < -0.3 is 5.32 Å². The van der Waals surface area contributed by atoms with Crippen LogP contribution in [0.3, 0.4) is 0 Å². The van der Waals surface area contributed by atoms with Crippen LogP contribution in [0.15, 0.2) is 18.2 Å². The maximum absolute atomic E-state index is 13.3. The molecule has 0 bridgehead atoms. The average molecular weight is 260 g/mol. The molecule has 0 fully saturated rings. The molecule has 1 amide bonds. The summed E-state index contributed by atoms with van der Waals surface area (Å²) in [4.78, 5) is 10.8. The van der Waals surface area contributed by atoms with Crippen LogP contribution in [0, 0.1) is 5.82 Å². The molecule has 0 atom stereocenters. The second-order valence-electron chi connectivity index (χ2n) is 3.38. The molecule has 0 aliphatic rings. The summed E-state index contributed by atoms with van der Waals surface area (Å²) in [7, 11) is -3.54. The smallest absolute Gasteiger partial charge is 0.232 e. The van der Waals surface area contributed by atoms with Crippen LogP contribution in [0.2, 0.25) is 0 Å². The third kappa shape index (κ3) is 4.03. The van der Waals surface area contributed by atoms with Crippen LogP contribution in [0.4, 0.5) is 15.8 Å². The standard InChI is InChI=1S/C10H13FN2O3S/c1-3-17(15,16)13-10-6-8(12-7(2)14)4-5-9(10)11/h4-6,13H,3H2,1-2H3,(H,12,14). The molecule has 0 aliphatic carbocycles. The minimum absolute atomic E-state index is 0.156. The van der Waals surface area contributed by atoms with Crippen molar-refractivity contribution in [1.29, 1.82) is 0 Å². The van der Waals surface area contributed by atoms with E-state index in [0.29, 0.717) is 5.69 Å². The number of hydrogen-bond donors (Lipinski definition) is 2. The summed E-state index contributed by atoms with van der Waals surface area (Å²) in [6.07, 6.45) is 0. The van der Waals surface area contributed by atoms with E-state index in [1.807, 2.05) is 0 Å². The van der Waals surface area contributed by atoms with Gasteiger partial charge in [-0.25, -0.2) is 12.8 Å². The fraction of sp³-hybridized carbons (Fsp3) is 0.300. The Morgan fingerprint density at radius 2 is 2.06 bits per heavy atom. The first-order chi connectivity index (χ1) is 7.84. The molecule has 1 aromatic rings. The summed E-state index contributed by atoms with van der Waals surface area (Å²) < 4.78 is 38.0. The quantitative estimate of drug-likeness (QED) is 0.862. The average Bonchev–Trinajstić information content (AvgIpc) is 2.22. The summed E-state index contributed by atoms with van der Waals surface area (Å²) in [6.45, 7) is 2.75. The SMILES string of the molecule is CCS(=O)(=O)Nc1cc(NC(C)=O)ccc1F. The summed E-state index contributed by atoms with van der Waals surface area (Å²) in [6, 6.07) is 3.66. The van der Waals surface area contributed by atoms with Gasteiger partial charge in [0.1, 0.15) is 5.82 Å². The fourth-order valence-electron chi connectivity index (χ4n) is 1.12. The maximum Gasteiger partial charge on any atom is 0.232 e. The highest BCUT2D eigenvalue weighted by Crippen LogP contribution is 2.20. The van der Waals surface area contributed by atoms with Gasteiger partial charge in [0.25, 0.3) is 0 Å². The second kappa shape index (κ2) is 5.13. The zero-order valence-electron chi connectivity index (χ0n) is 9.45. The molecule has 0 unspecified atom stereocenters. The highest BCUT2D eigenvalue weighted by atomic mass is 32.2. The third-order valence-electron chi connectivity index (χ3n) is 1.93. The van der Waals surface area contributed by atoms with Gasteiger partial charge in [0.05, 0.1) is 11.4 Å². The molecule has 2 N–H and O–H groups in total. The lowest BCUT2D eigenvalue weighted by atomic mass is 10.2. The molecular formula is C10H13FN2O3S. The van der Waals surface area contributed by atoms with Gasteiger partial charge in [-0.15, -0.1) is 0 Å². The number of nitrogens with one attached hydrogen (secondary N) is 2. The first-order valence-corrected chi connectivity index (χ1v) is 6.57. The Kier molecular flexibility index (Phi) is 4.06. The minimum atomic E-state index is -3.54. The molecule has 1 aromatic carbocycles. The van der Waals surface area contributed by atoms with Crippen molar-refractivity contribution < 1.29 is 17.6 Å². The molecule has 0 saturated heterocycles. The van der Waals surface area contributed by atoms with Crippen LogP contribution >= 0.6 is 0 Å². The van der Waals surface area contributed by atoms with Crippen molar-refractivity contribution in [2.24, 2.45) is 0 Å². The van der Waals surface area contributed by atoms with Crippen LogP contribution in [-0.4, -0.2) is 20.1 Å². The van der Waals surface area contributed by atoms with Crippen molar-refractivity contribution in [1.82, 2.24) is 0 Å². The van der Waals surface area contributed by atoms with Gasteiger partial charge in [0.15, 0.2) is 0 Å². The molecular weight excluding hydrogens is 247 g/mol. The maximum atomic E-state index is 13.3. The first kappa shape index (κ1) is 13.4. The van der Waals surface area contributed by atoms with Crippen LogP contribution in [0.25, 0.3) is 0 Å². The van der Waals surface area contributed by atoms with E-state index in [1.165, 1.54) is 26.0 Å².